The van der Waals surface area contributed by atoms with Gasteiger partial charge >= 0.3 is 0 Å². The Labute approximate surface area is 125 Å². The van der Waals surface area contributed by atoms with Gasteiger partial charge in [-0.1, -0.05) is 0 Å². The van der Waals surface area contributed by atoms with Gasteiger partial charge in [0, 0.05) is 11.6 Å². The Balaban J connectivity index is 0.00000147. The number of ether oxygens (including phenoxy) is 1. The van der Waals surface area contributed by atoms with E-state index in [0.717, 1.165) is 43.8 Å². The van der Waals surface area contributed by atoms with Gasteiger partial charge in [-0.25, -0.2) is 0 Å². The molecule has 0 radical (unpaired) electrons. The summed E-state index contributed by atoms with van der Waals surface area (Å²) in [5, 5.41) is 6.37. The molecule has 1 amide bonds. The van der Waals surface area contributed by atoms with Gasteiger partial charge in [0.05, 0.1) is 7.11 Å². The molecule has 4 nitrogen and oxygen atoms in total. The number of carbonyl (C=O) groups is 1. The highest BCUT2D eigenvalue weighted by Crippen LogP contribution is 2.58. The minimum absolute atomic E-state index is 0. The third kappa shape index (κ3) is 2.91. The van der Waals surface area contributed by atoms with Gasteiger partial charge in [0.15, 0.2) is 0 Å². The summed E-state index contributed by atoms with van der Waals surface area (Å²) < 4.78 is 5.10. The fourth-order valence-corrected chi connectivity index (χ4v) is 3.10. The van der Waals surface area contributed by atoms with E-state index in [2.05, 4.69) is 10.6 Å². The van der Waals surface area contributed by atoms with Crippen molar-refractivity contribution in [2.75, 3.05) is 25.5 Å². The van der Waals surface area contributed by atoms with Crippen molar-refractivity contribution < 1.29 is 9.53 Å². The van der Waals surface area contributed by atoms with Crippen molar-refractivity contribution >= 4 is 24.0 Å². The zero-order valence-corrected chi connectivity index (χ0v) is 12.5. The number of benzene rings is 1. The van der Waals surface area contributed by atoms with Gasteiger partial charge in [0.2, 0.25) is 5.91 Å². The number of amides is 1. The minimum atomic E-state index is 0. The molecule has 5 heteroatoms. The van der Waals surface area contributed by atoms with Crippen molar-refractivity contribution in [3.05, 3.63) is 24.3 Å². The number of anilines is 1. The van der Waals surface area contributed by atoms with Crippen LogP contribution in [0.5, 0.6) is 5.75 Å². The van der Waals surface area contributed by atoms with Crippen LogP contribution in [0.25, 0.3) is 0 Å². The van der Waals surface area contributed by atoms with Crippen LogP contribution in [0.15, 0.2) is 24.3 Å². The van der Waals surface area contributed by atoms with Crippen LogP contribution in [-0.2, 0) is 4.79 Å². The smallest absolute Gasteiger partial charge is 0.228 e. The highest BCUT2D eigenvalue weighted by molar-refractivity contribution is 5.95. The molecule has 1 saturated carbocycles. The lowest BCUT2D eigenvalue weighted by Crippen LogP contribution is -2.31. The summed E-state index contributed by atoms with van der Waals surface area (Å²) in [6.07, 6.45) is 3.32. The highest BCUT2D eigenvalue weighted by atomic mass is 35.5. The van der Waals surface area contributed by atoms with Crippen LogP contribution >= 0.6 is 12.4 Å². The molecule has 1 aromatic rings. The largest absolute Gasteiger partial charge is 0.497 e. The van der Waals surface area contributed by atoms with Crippen LogP contribution in [0.2, 0.25) is 0 Å². The van der Waals surface area contributed by atoms with E-state index < -0.39 is 0 Å². The topological polar surface area (TPSA) is 50.4 Å². The molecule has 0 aromatic heterocycles. The molecule has 1 atom stereocenters. The summed E-state index contributed by atoms with van der Waals surface area (Å²) in [6.45, 7) is 2.10. The van der Waals surface area contributed by atoms with E-state index in [-0.39, 0.29) is 24.2 Å². The Bertz CT molecular complexity index is 469. The predicted molar refractivity (Wildman–Crippen MR) is 81.5 cm³/mol. The molecule has 1 heterocycles. The van der Waals surface area contributed by atoms with Crippen LogP contribution in [0.1, 0.15) is 19.3 Å². The molecule has 1 aromatic carbocycles. The lowest BCUT2D eigenvalue weighted by atomic mass is 9.92. The monoisotopic (exact) mass is 296 g/mol. The SMILES string of the molecule is COc1ccc(NC(=O)C2CC23CCNCC3)cc1.Cl. The minimum Gasteiger partial charge on any atom is -0.497 e. The fraction of sp³-hybridized carbons (Fsp3) is 0.533. The highest BCUT2D eigenvalue weighted by Gasteiger charge is 2.57. The number of halogens is 1. The van der Waals surface area contributed by atoms with E-state index in [9.17, 15) is 4.79 Å². The molecule has 2 N–H and O–H groups in total. The molecule has 2 aliphatic rings. The van der Waals surface area contributed by atoms with E-state index in [1.807, 2.05) is 24.3 Å². The third-order valence-electron chi connectivity index (χ3n) is 4.46. The first kappa shape index (κ1) is 15.1. The predicted octanol–water partition coefficient (Wildman–Crippen LogP) is 2.45. The summed E-state index contributed by atoms with van der Waals surface area (Å²) in [4.78, 5) is 12.2. The van der Waals surface area contributed by atoms with Crippen LogP contribution < -0.4 is 15.4 Å². The Morgan fingerprint density at radius 2 is 1.95 bits per heavy atom. The number of carbonyl (C=O) groups excluding carboxylic acids is 1. The molecule has 1 saturated heterocycles. The Morgan fingerprint density at radius 1 is 1.30 bits per heavy atom. The molecule has 3 rings (SSSR count). The second kappa shape index (κ2) is 6.02. The van der Waals surface area contributed by atoms with Crippen molar-refractivity contribution in [2.45, 2.75) is 19.3 Å². The van der Waals surface area contributed by atoms with Crippen LogP contribution in [-0.4, -0.2) is 26.1 Å². The van der Waals surface area contributed by atoms with Gasteiger partial charge < -0.3 is 15.4 Å². The van der Waals surface area contributed by atoms with E-state index in [0.29, 0.717) is 5.41 Å². The number of hydrogen-bond donors (Lipinski definition) is 2. The summed E-state index contributed by atoms with van der Waals surface area (Å²) in [7, 11) is 1.64. The first-order valence-corrected chi connectivity index (χ1v) is 6.89. The molecule has 0 bridgehead atoms. The van der Waals surface area contributed by atoms with Crippen LogP contribution in [0, 0.1) is 11.3 Å². The normalized spacial score (nSPS) is 22.8. The van der Waals surface area contributed by atoms with E-state index in [4.69, 9.17) is 4.74 Å². The zero-order valence-electron chi connectivity index (χ0n) is 11.6. The van der Waals surface area contributed by atoms with Crippen molar-refractivity contribution in [1.82, 2.24) is 5.32 Å². The number of methoxy groups -OCH3 is 1. The number of piperidine rings is 1. The second-order valence-electron chi connectivity index (χ2n) is 5.59. The summed E-state index contributed by atoms with van der Waals surface area (Å²) >= 11 is 0. The van der Waals surface area contributed by atoms with Gasteiger partial charge in [0.25, 0.3) is 0 Å². The van der Waals surface area contributed by atoms with E-state index in [1.54, 1.807) is 7.11 Å². The van der Waals surface area contributed by atoms with Crippen molar-refractivity contribution in [3.8, 4) is 5.75 Å². The van der Waals surface area contributed by atoms with Gasteiger partial charge in [-0.05, 0) is 62.0 Å². The van der Waals surface area contributed by atoms with Crippen LogP contribution in [0.4, 0.5) is 5.69 Å². The Hall–Kier alpha value is -1.26. The Morgan fingerprint density at radius 3 is 2.55 bits per heavy atom. The van der Waals surface area contributed by atoms with Gasteiger partial charge in [-0.3, -0.25) is 4.79 Å². The van der Waals surface area contributed by atoms with Gasteiger partial charge in [0.1, 0.15) is 5.75 Å². The van der Waals surface area contributed by atoms with Crippen molar-refractivity contribution in [1.29, 1.82) is 0 Å². The van der Waals surface area contributed by atoms with Crippen molar-refractivity contribution in [2.24, 2.45) is 11.3 Å². The number of rotatable bonds is 3. The third-order valence-corrected chi connectivity index (χ3v) is 4.46. The molecule has 20 heavy (non-hydrogen) atoms. The number of nitrogens with one attached hydrogen (secondary N) is 2. The molecule has 110 valence electrons. The zero-order chi connectivity index (χ0) is 13.3. The summed E-state index contributed by atoms with van der Waals surface area (Å²) in [5.74, 6) is 1.18. The quantitative estimate of drug-likeness (QED) is 0.901. The van der Waals surface area contributed by atoms with Gasteiger partial charge in [-0.15, -0.1) is 12.4 Å². The second-order valence-corrected chi connectivity index (χ2v) is 5.59. The first-order valence-electron chi connectivity index (χ1n) is 6.89. The molecular formula is C15H21ClN2O2. The lowest BCUT2D eigenvalue weighted by molar-refractivity contribution is -0.118. The molecule has 1 spiro atoms. The van der Waals surface area contributed by atoms with Crippen LogP contribution in [0.3, 0.4) is 0 Å². The number of hydrogen-bond acceptors (Lipinski definition) is 3. The van der Waals surface area contributed by atoms with E-state index >= 15 is 0 Å². The summed E-state index contributed by atoms with van der Waals surface area (Å²) in [5.41, 5.74) is 1.14. The maximum atomic E-state index is 12.2. The lowest BCUT2D eigenvalue weighted by Gasteiger charge is -2.23. The molecular weight excluding hydrogens is 276 g/mol. The maximum absolute atomic E-state index is 12.2. The molecule has 1 aliphatic heterocycles. The fourth-order valence-electron chi connectivity index (χ4n) is 3.10. The standard InChI is InChI=1S/C15H20N2O2.ClH/c1-19-12-4-2-11(3-5-12)17-14(18)13-10-15(13)6-8-16-9-7-15;/h2-5,13,16H,6-10H2,1H3,(H,17,18);1H. The molecule has 2 fully saturated rings. The summed E-state index contributed by atoms with van der Waals surface area (Å²) in [6, 6.07) is 7.49. The average Bonchev–Trinajstić information content (AvgIpc) is 3.14. The molecule has 1 unspecified atom stereocenters. The molecule has 1 aliphatic carbocycles. The first-order chi connectivity index (χ1) is 9.23. The average molecular weight is 297 g/mol. The maximum Gasteiger partial charge on any atom is 0.228 e. The Kier molecular flexibility index (Phi) is 4.55. The van der Waals surface area contributed by atoms with Crippen molar-refractivity contribution in [3.63, 3.8) is 0 Å². The van der Waals surface area contributed by atoms with E-state index in [1.165, 1.54) is 0 Å². The van der Waals surface area contributed by atoms with Gasteiger partial charge in [-0.2, -0.15) is 0 Å².